The van der Waals surface area contributed by atoms with Crippen molar-refractivity contribution < 1.29 is 19.1 Å². The summed E-state index contributed by atoms with van der Waals surface area (Å²) in [6.45, 7) is 0.568. The SMILES string of the molecule is COC(=O)c1ccc(CCNC(=O)CCc2ccc(OC)cc2)cc1. The second-order valence-electron chi connectivity index (χ2n) is 5.64. The first-order chi connectivity index (χ1) is 12.1. The van der Waals surface area contributed by atoms with E-state index in [2.05, 4.69) is 10.1 Å². The Bertz CT molecular complexity index is 693. The second-order valence-corrected chi connectivity index (χ2v) is 5.64. The summed E-state index contributed by atoms with van der Waals surface area (Å²) in [5, 5.41) is 2.92. The van der Waals surface area contributed by atoms with Gasteiger partial charge in [0.1, 0.15) is 5.75 Å². The van der Waals surface area contributed by atoms with Crippen LogP contribution in [0.1, 0.15) is 27.9 Å². The number of rotatable bonds is 8. The quantitative estimate of drug-likeness (QED) is 0.750. The summed E-state index contributed by atoms with van der Waals surface area (Å²) in [6, 6.07) is 14.9. The van der Waals surface area contributed by atoms with E-state index in [0.717, 1.165) is 23.3 Å². The number of benzene rings is 2. The molecule has 0 atom stereocenters. The van der Waals surface area contributed by atoms with Crippen LogP contribution in [0, 0.1) is 0 Å². The molecule has 2 rings (SSSR count). The molecule has 0 aromatic heterocycles. The van der Waals surface area contributed by atoms with Crippen LogP contribution >= 0.6 is 0 Å². The molecule has 0 spiro atoms. The van der Waals surface area contributed by atoms with Gasteiger partial charge in [0.25, 0.3) is 0 Å². The molecular weight excluding hydrogens is 318 g/mol. The number of ether oxygens (including phenoxy) is 2. The van der Waals surface area contributed by atoms with Gasteiger partial charge in [-0.2, -0.15) is 0 Å². The molecule has 0 unspecified atom stereocenters. The van der Waals surface area contributed by atoms with E-state index in [1.165, 1.54) is 7.11 Å². The van der Waals surface area contributed by atoms with Crippen molar-refractivity contribution in [3.63, 3.8) is 0 Å². The van der Waals surface area contributed by atoms with E-state index >= 15 is 0 Å². The van der Waals surface area contributed by atoms with Crippen LogP contribution in [0.5, 0.6) is 5.75 Å². The fourth-order valence-electron chi connectivity index (χ4n) is 2.41. The summed E-state index contributed by atoms with van der Waals surface area (Å²) >= 11 is 0. The van der Waals surface area contributed by atoms with Gasteiger partial charge in [-0.15, -0.1) is 0 Å². The van der Waals surface area contributed by atoms with Gasteiger partial charge in [0.15, 0.2) is 0 Å². The number of aryl methyl sites for hydroxylation is 1. The molecule has 1 N–H and O–H groups in total. The average molecular weight is 341 g/mol. The van der Waals surface area contributed by atoms with Crippen LogP contribution in [-0.4, -0.2) is 32.6 Å². The van der Waals surface area contributed by atoms with Gasteiger partial charge in [0, 0.05) is 13.0 Å². The van der Waals surface area contributed by atoms with Crippen LogP contribution in [0.15, 0.2) is 48.5 Å². The third-order valence-electron chi connectivity index (χ3n) is 3.91. The zero-order chi connectivity index (χ0) is 18.1. The molecule has 2 aromatic rings. The molecule has 5 heteroatoms. The normalized spacial score (nSPS) is 10.2. The number of esters is 1. The van der Waals surface area contributed by atoms with E-state index in [9.17, 15) is 9.59 Å². The molecule has 132 valence electrons. The molecule has 1 amide bonds. The molecule has 0 aliphatic heterocycles. The summed E-state index contributed by atoms with van der Waals surface area (Å²) in [5.74, 6) is 0.492. The highest BCUT2D eigenvalue weighted by atomic mass is 16.5. The Hall–Kier alpha value is -2.82. The number of carbonyl (C=O) groups excluding carboxylic acids is 2. The largest absolute Gasteiger partial charge is 0.497 e. The van der Waals surface area contributed by atoms with E-state index < -0.39 is 0 Å². The van der Waals surface area contributed by atoms with Gasteiger partial charge in [-0.1, -0.05) is 24.3 Å². The lowest BCUT2D eigenvalue weighted by molar-refractivity contribution is -0.121. The monoisotopic (exact) mass is 341 g/mol. The third-order valence-corrected chi connectivity index (χ3v) is 3.91. The van der Waals surface area contributed by atoms with E-state index in [0.29, 0.717) is 24.9 Å². The van der Waals surface area contributed by atoms with Crippen molar-refractivity contribution in [1.82, 2.24) is 5.32 Å². The minimum atomic E-state index is -0.349. The summed E-state index contributed by atoms with van der Waals surface area (Å²) < 4.78 is 9.77. The molecule has 0 saturated heterocycles. The molecule has 2 aromatic carbocycles. The number of amides is 1. The lowest BCUT2D eigenvalue weighted by Crippen LogP contribution is -2.25. The fraction of sp³-hybridized carbons (Fsp3) is 0.300. The smallest absolute Gasteiger partial charge is 0.337 e. The maximum absolute atomic E-state index is 11.9. The van der Waals surface area contributed by atoms with Gasteiger partial charge >= 0.3 is 5.97 Å². The van der Waals surface area contributed by atoms with E-state index in [1.54, 1.807) is 19.2 Å². The van der Waals surface area contributed by atoms with Gasteiger partial charge in [-0.05, 0) is 48.2 Å². The Morgan fingerprint density at radius 2 is 1.48 bits per heavy atom. The summed E-state index contributed by atoms with van der Waals surface area (Å²) in [6.07, 6.45) is 1.87. The lowest BCUT2D eigenvalue weighted by Gasteiger charge is -2.07. The molecule has 0 bridgehead atoms. The lowest BCUT2D eigenvalue weighted by atomic mass is 10.1. The zero-order valence-corrected chi connectivity index (χ0v) is 14.6. The highest BCUT2D eigenvalue weighted by molar-refractivity contribution is 5.89. The Balaban J connectivity index is 1.70. The number of hydrogen-bond acceptors (Lipinski definition) is 4. The number of hydrogen-bond donors (Lipinski definition) is 1. The van der Waals surface area contributed by atoms with Crippen molar-refractivity contribution in [1.29, 1.82) is 0 Å². The van der Waals surface area contributed by atoms with Crippen molar-refractivity contribution >= 4 is 11.9 Å². The minimum absolute atomic E-state index is 0.0296. The van der Waals surface area contributed by atoms with Gasteiger partial charge in [0.2, 0.25) is 5.91 Å². The summed E-state index contributed by atoms with van der Waals surface area (Å²) in [5.41, 5.74) is 2.69. The van der Waals surface area contributed by atoms with E-state index in [1.807, 2.05) is 36.4 Å². The van der Waals surface area contributed by atoms with Crippen molar-refractivity contribution in [2.45, 2.75) is 19.3 Å². The van der Waals surface area contributed by atoms with Gasteiger partial charge in [0.05, 0.1) is 19.8 Å². The highest BCUT2D eigenvalue weighted by Crippen LogP contribution is 2.12. The Morgan fingerprint density at radius 1 is 0.880 bits per heavy atom. The van der Waals surface area contributed by atoms with Gasteiger partial charge in [-0.3, -0.25) is 4.79 Å². The standard InChI is InChI=1S/C20H23NO4/c1-24-18-10-5-15(6-11-18)7-12-19(22)21-14-13-16-3-8-17(9-4-16)20(23)25-2/h3-6,8-11H,7,12-14H2,1-2H3,(H,21,22). The molecular formula is C20H23NO4. The zero-order valence-electron chi connectivity index (χ0n) is 14.6. The number of methoxy groups -OCH3 is 2. The predicted molar refractivity (Wildman–Crippen MR) is 95.8 cm³/mol. The first-order valence-corrected chi connectivity index (χ1v) is 8.19. The molecule has 5 nitrogen and oxygen atoms in total. The van der Waals surface area contributed by atoms with Gasteiger partial charge < -0.3 is 14.8 Å². The van der Waals surface area contributed by atoms with Crippen LogP contribution in [0.3, 0.4) is 0 Å². The molecule has 25 heavy (non-hydrogen) atoms. The van der Waals surface area contributed by atoms with Crippen LogP contribution < -0.4 is 10.1 Å². The average Bonchev–Trinajstić information content (AvgIpc) is 2.66. The van der Waals surface area contributed by atoms with Crippen LogP contribution in [0.4, 0.5) is 0 Å². The molecule has 0 saturated carbocycles. The first kappa shape index (κ1) is 18.5. The predicted octanol–water partition coefficient (Wildman–Crippen LogP) is 2.77. The summed E-state index contributed by atoms with van der Waals surface area (Å²) in [7, 11) is 2.99. The molecule has 0 fully saturated rings. The first-order valence-electron chi connectivity index (χ1n) is 8.19. The fourth-order valence-corrected chi connectivity index (χ4v) is 2.41. The summed E-state index contributed by atoms with van der Waals surface area (Å²) in [4.78, 5) is 23.3. The third kappa shape index (κ3) is 5.95. The minimum Gasteiger partial charge on any atom is -0.497 e. The molecule has 0 aliphatic rings. The Kier molecular flexibility index (Phi) is 7.01. The topological polar surface area (TPSA) is 64.6 Å². The van der Waals surface area contributed by atoms with Crippen LogP contribution in [0.2, 0.25) is 0 Å². The number of nitrogens with one attached hydrogen (secondary N) is 1. The van der Waals surface area contributed by atoms with Crippen molar-refractivity contribution in [3.8, 4) is 5.75 Å². The van der Waals surface area contributed by atoms with Crippen LogP contribution in [-0.2, 0) is 22.4 Å². The second kappa shape index (κ2) is 9.47. The Morgan fingerprint density at radius 3 is 2.08 bits per heavy atom. The number of carbonyl (C=O) groups is 2. The van der Waals surface area contributed by atoms with Crippen molar-refractivity contribution in [2.75, 3.05) is 20.8 Å². The Labute approximate surface area is 148 Å². The maximum Gasteiger partial charge on any atom is 0.337 e. The van der Waals surface area contributed by atoms with Gasteiger partial charge in [-0.25, -0.2) is 4.79 Å². The van der Waals surface area contributed by atoms with E-state index in [4.69, 9.17) is 4.74 Å². The maximum atomic E-state index is 11.9. The molecule has 0 aliphatic carbocycles. The molecule has 0 heterocycles. The van der Waals surface area contributed by atoms with Crippen molar-refractivity contribution in [3.05, 3.63) is 65.2 Å². The van der Waals surface area contributed by atoms with Crippen LogP contribution in [0.25, 0.3) is 0 Å². The molecule has 0 radical (unpaired) electrons. The van der Waals surface area contributed by atoms with Crippen molar-refractivity contribution in [2.24, 2.45) is 0 Å². The highest BCUT2D eigenvalue weighted by Gasteiger charge is 2.05. The van der Waals surface area contributed by atoms with E-state index in [-0.39, 0.29) is 11.9 Å².